The molecule has 4 unspecified atom stereocenters. The van der Waals surface area contributed by atoms with Gasteiger partial charge in [-0.1, -0.05) is 0 Å². The van der Waals surface area contributed by atoms with Gasteiger partial charge in [0.25, 0.3) is 22.9 Å². The van der Waals surface area contributed by atoms with Crippen molar-refractivity contribution in [2.24, 2.45) is 0 Å². The number of aliphatic carboxylic acids is 4. The maximum atomic E-state index is 12.3. The number of amides is 2. The molecule has 27 heteroatoms. The Morgan fingerprint density at radius 2 is 1.01 bits per heavy atom. The molecule has 0 saturated heterocycles. The van der Waals surface area contributed by atoms with Crippen molar-refractivity contribution in [3.05, 3.63) is 80.4 Å². The number of likely N-dealkylation sites (N-methyl/N-ethyl adjacent to an activating group) is 2. The van der Waals surface area contributed by atoms with E-state index in [1.165, 1.54) is 24.3 Å². The van der Waals surface area contributed by atoms with Crippen LogP contribution >= 0.6 is 0 Å². The van der Waals surface area contributed by atoms with Gasteiger partial charge in [0.1, 0.15) is 23.5 Å². The van der Waals surface area contributed by atoms with Gasteiger partial charge >= 0.3 is 35.0 Å². The number of nitrogen functional groups attached to an aromatic ring is 2. The van der Waals surface area contributed by atoms with Crippen molar-refractivity contribution < 1.29 is 49.2 Å². The Labute approximate surface area is 396 Å². The van der Waals surface area contributed by atoms with Gasteiger partial charge in [-0.05, 0) is 74.2 Å². The van der Waals surface area contributed by atoms with E-state index in [0.29, 0.717) is 60.6 Å². The van der Waals surface area contributed by atoms with Crippen LogP contribution in [0.3, 0.4) is 0 Å². The number of nitrogens with one attached hydrogen (secondary N) is 8. The number of carboxylic acid groups (broad SMARTS) is 4. The average molecular weight is 941 g/mol. The average Bonchev–Trinajstić information content (AvgIpc) is 3.25. The normalized spacial score (nSPS) is 15.4. The molecule has 2 aliphatic heterocycles. The van der Waals surface area contributed by atoms with E-state index < -0.39 is 60.6 Å². The number of aromatic nitrogens is 4. The standard InChI is InChI=1S/2C20H25N7O6.Mg/c2*1-27-12(9-23-16-15(27)18(31)26-20(21)25-16)8-22-11-4-2-10(3-5-11)17(30)24-13(19(32)33)6-7-14(28)29;/h2*2-5,12-13,22H,6-9H2,1H3,(H,24,30)(H,28,29)(H,32,33)(H4,21,23,25,26,31);/q;;+2/p-2. The van der Waals surface area contributed by atoms with Crippen LogP contribution in [0.15, 0.2) is 58.1 Å². The summed E-state index contributed by atoms with van der Waals surface area (Å²) in [6.07, 6.45) is -1.52. The van der Waals surface area contributed by atoms with Crippen LogP contribution in [0.2, 0.25) is 0 Å². The van der Waals surface area contributed by atoms with Gasteiger partial charge in [-0.3, -0.25) is 29.1 Å². The molecule has 2 aromatic carbocycles. The van der Waals surface area contributed by atoms with Crippen LogP contribution in [-0.2, 0) is 19.2 Å². The Balaban J connectivity index is 0.000000288. The Kier molecular flexibility index (Phi) is 18.1. The number of anilines is 8. The van der Waals surface area contributed by atoms with Gasteiger partial charge in [0.05, 0.1) is 12.1 Å². The van der Waals surface area contributed by atoms with E-state index in [4.69, 9.17) is 21.7 Å². The zero-order chi connectivity index (χ0) is 48.2. The Hall–Kier alpha value is -7.81. The molecule has 352 valence electrons. The first-order valence-electron chi connectivity index (χ1n) is 20.2. The van der Waals surface area contributed by atoms with E-state index in [-0.39, 0.29) is 82.1 Å². The topological polar surface area (TPSA) is 411 Å². The quantitative estimate of drug-likeness (QED) is 0.0429. The van der Waals surface area contributed by atoms with E-state index >= 15 is 0 Å². The van der Waals surface area contributed by atoms with Gasteiger partial charge < -0.3 is 83.2 Å². The molecule has 4 atom stereocenters. The summed E-state index contributed by atoms with van der Waals surface area (Å²) in [5, 5.41) is 56.7. The zero-order valence-electron chi connectivity index (χ0n) is 36.2. The first kappa shape index (κ1) is 51.8. The number of fused-ring (bicyclic) bond motifs is 2. The third-order valence-electron chi connectivity index (χ3n) is 10.5. The van der Waals surface area contributed by atoms with Crippen LogP contribution in [-0.4, -0.2) is 153 Å². The number of nitrogens with two attached hydrogens (primary N) is 2. The van der Waals surface area contributed by atoms with E-state index in [2.05, 4.69) is 51.8 Å². The molecule has 26 nitrogen and oxygen atoms in total. The molecular formula is C40H48MgN14O12. The van der Waals surface area contributed by atoms with Gasteiger partial charge in [-0.2, -0.15) is 9.97 Å². The van der Waals surface area contributed by atoms with Gasteiger partial charge in [-0.15, -0.1) is 0 Å². The second-order valence-corrected chi connectivity index (χ2v) is 15.1. The van der Waals surface area contributed by atoms with Crippen LogP contribution < -0.4 is 74.5 Å². The molecule has 14 N–H and O–H groups in total. The fourth-order valence-corrected chi connectivity index (χ4v) is 6.83. The SMILES string of the molecule is CN1c2c(nc(N)[nH]c2=O)NCC1CNc1ccc(C(=O)NC(CCC(=O)[O-])C(=O)O)cc1.CN1c2c(nc(N)[nH]c2=O)NCC1CNc1ccc(C(=O)NC(CCC(=O)[O-])C(=O)O)cc1.[Mg+2]. The molecule has 4 heterocycles. The van der Waals surface area contributed by atoms with Crippen LogP contribution in [0.5, 0.6) is 0 Å². The van der Waals surface area contributed by atoms with Crippen LogP contribution in [0.1, 0.15) is 46.4 Å². The first-order chi connectivity index (χ1) is 31.3. The summed E-state index contributed by atoms with van der Waals surface area (Å²) in [5.74, 6) is -5.79. The summed E-state index contributed by atoms with van der Waals surface area (Å²) in [4.78, 5) is 109. The monoisotopic (exact) mass is 940 g/mol. The van der Waals surface area contributed by atoms with Gasteiger partial charge in [0.2, 0.25) is 11.9 Å². The molecule has 0 bridgehead atoms. The van der Waals surface area contributed by atoms with Crippen LogP contribution in [0, 0.1) is 0 Å². The number of hydrogen-bond donors (Lipinski definition) is 12. The van der Waals surface area contributed by atoms with E-state index in [1.807, 2.05) is 9.80 Å². The van der Waals surface area contributed by atoms with Crippen molar-refractivity contribution >= 4 is 105 Å². The number of aromatic amines is 2. The molecule has 0 aliphatic carbocycles. The molecule has 0 fully saturated rings. The molecule has 0 radical (unpaired) electrons. The number of carbonyl (C=O) groups excluding carboxylic acids is 4. The predicted molar refractivity (Wildman–Crippen MR) is 242 cm³/mol. The maximum absolute atomic E-state index is 12.3. The number of rotatable bonds is 18. The van der Waals surface area contributed by atoms with Gasteiger partial charge in [0.15, 0.2) is 11.6 Å². The van der Waals surface area contributed by atoms with Crippen LogP contribution in [0.4, 0.5) is 46.3 Å². The molecule has 0 saturated carbocycles. The van der Waals surface area contributed by atoms with E-state index in [1.54, 1.807) is 38.4 Å². The largest absolute Gasteiger partial charge is 2.00 e. The summed E-state index contributed by atoms with van der Waals surface area (Å²) >= 11 is 0. The summed E-state index contributed by atoms with van der Waals surface area (Å²) in [6, 6.07) is 9.88. The van der Waals surface area contributed by atoms with Crippen molar-refractivity contribution in [2.75, 3.05) is 82.8 Å². The van der Waals surface area contributed by atoms with E-state index in [9.17, 15) is 48.6 Å². The predicted octanol–water partition coefficient (Wildman–Crippen LogP) is -3.57. The van der Waals surface area contributed by atoms with Crippen LogP contribution in [0.25, 0.3) is 0 Å². The van der Waals surface area contributed by atoms with Crippen molar-refractivity contribution in [3.8, 4) is 0 Å². The zero-order valence-corrected chi connectivity index (χ0v) is 37.6. The molecule has 2 amide bonds. The second kappa shape index (κ2) is 23.4. The number of hydrogen-bond acceptors (Lipinski definition) is 20. The molecular weight excluding hydrogens is 893 g/mol. The summed E-state index contributed by atoms with van der Waals surface area (Å²) in [7, 11) is 3.57. The Morgan fingerprint density at radius 1 is 0.672 bits per heavy atom. The molecule has 2 aromatic heterocycles. The fourth-order valence-electron chi connectivity index (χ4n) is 6.83. The first-order valence-corrected chi connectivity index (χ1v) is 20.2. The molecule has 4 aromatic rings. The van der Waals surface area contributed by atoms with Crippen molar-refractivity contribution in [1.29, 1.82) is 0 Å². The molecule has 6 rings (SSSR count). The fraction of sp³-hybridized carbons (Fsp3) is 0.350. The van der Waals surface area contributed by atoms with Gasteiger partial charge in [-0.25, -0.2) is 9.59 Å². The van der Waals surface area contributed by atoms with Crippen molar-refractivity contribution in [3.63, 3.8) is 0 Å². The third kappa shape index (κ3) is 14.1. The number of benzene rings is 2. The Morgan fingerprint density at radius 3 is 1.33 bits per heavy atom. The minimum absolute atomic E-state index is 0. The number of carboxylic acids is 4. The molecule has 0 spiro atoms. The van der Waals surface area contributed by atoms with Crippen molar-refractivity contribution in [1.82, 2.24) is 30.6 Å². The minimum Gasteiger partial charge on any atom is -0.550 e. The van der Waals surface area contributed by atoms with E-state index in [0.717, 1.165) is 0 Å². The summed E-state index contributed by atoms with van der Waals surface area (Å²) in [6.45, 7) is 2.00. The molecule has 2 aliphatic rings. The second-order valence-electron chi connectivity index (χ2n) is 15.1. The molecule has 67 heavy (non-hydrogen) atoms. The minimum atomic E-state index is -1.39. The van der Waals surface area contributed by atoms with Crippen molar-refractivity contribution in [2.45, 2.75) is 49.9 Å². The smallest absolute Gasteiger partial charge is 0.550 e. The number of carbonyl (C=O) groups is 6. The summed E-state index contributed by atoms with van der Waals surface area (Å²) in [5.41, 5.74) is 13.1. The van der Waals surface area contributed by atoms with Gasteiger partial charge in [0, 0.05) is 74.7 Å². The maximum Gasteiger partial charge on any atom is 2.00 e. The third-order valence-corrected chi connectivity index (χ3v) is 10.5. The number of H-pyrrole nitrogens is 2. The summed E-state index contributed by atoms with van der Waals surface area (Å²) < 4.78 is 0. The Bertz CT molecular complexity index is 2380. The number of nitrogens with zero attached hydrogens (tertiary/aromatic N) is 4.